The molecule has 0 radical (unpaired) electrons. The zero-order chi connectivity index (χ0) is 6.41. The quantitative estimate of drug-likeness (QED) is 0.562. The van der Waals surface area contributed by atoms with Crippen LogP contribution in [0.3, 0.4) is 0 Å². The van der Waals surface area contributed by atoms with Crippen molar-refractivity contribution in [1.82, 2.24) is 0 Å². The molecule has 48 valence electrons. The van der Waals surface area contributed by atoms with Crippen LogP contribution in [-0.4, -0.2) is 10.5 Å². The molecule has 0 aliphatic rings. The highest BCUT2D eigenvalue weighted by Crippen LogP contribution is 2.07. The first-order chi connectivity index (χ1) is 3.81. The Morgan fingerprint density at radius 2 is 2.38 bits per heavy atom. The first kappa shape index (κ1) is 8.44. The summed E-state index contributed by atoms with van der Waals surface area (Å²) in [5.41, 5.74) is 0. The van der Waals surface area contributed by atoms with E-state index >= 15 is 0 Å². The van der Waals surface area contributed by atoms with Crippen molar-refractivity contribution < 1.29 is 0 Å². The van der Waals surface area contributed by atoms with Gasteiger partial charge >= 0.3 is 0 Å². The predicted molar refractivity (Wildman–Crippen MR) is 45.6 cm³/mol. The number of thiocarbonyl (C=S) groups is 1. The van der Waals surface area contributed by atoms with Crippen molar-refractivity contribution in [2.45, 2.75) is 20.3 Å². The second-order valence-electron chi connectivity index (χ2n) is 1.94. The average Bonchev–Trinajstić information content (AvgIpc) is 1.83. The van der Waals surface area contributed by atoms with E-state index < -0.39 is 0 Å². The van der Waals surface area contributed by atoms with Gasteiger partial charge in [-0.3, -0.25) is 0 Å². The minimum absolute atomic E-state index is 0.819. The van der Waals surface area contributed by atoms with Gasteiger partial charge in [-0.05, 0) is 5.92 Å². The van der Waals surface area contributed by atoms with Crippen molar-refractivity contribution in [1.29, 1.82) is 0 Å². The maximum absolute atomic E-state index is 4.66. The molecule has 0 saturated carbocycles. The Bertz CT molecular complexity index is 61.5. The highest BCUT2D eigenvalue weighted by Gasteiger charge is 1.94. The standard InChI is InChI=1S/C6H12S2/c1-3-6(2)4-8-5-7/h5-6H,3-4H2,1-2H3. The maximum Gasteiger partial charge on any atom is 0.0341 e. The second kappa shape index (κ2) is 5.57. The molecule has 0 spiro atoms. The Balaban J connectivity index is 2.97. The van der Waals surface area contributed by atoms with Crippen molar-refractivity contribution in [3.05, 3.63) is 0 Å². The van der Waals surface area contributed by atoms with Gasteiger partial charge in [-0.2, -0.15) is 0 Å². The largest absolute Gasteiger partial charge is 0.122 e. The third-order valence-electron chi connectivity index (χ3n) is 1.15. The molecule has 0 heterocycles. The average molecular weight is 148 g/mol. The zero-order valence-electron chi connectivity index (χ0n) is 5.39. The van der Waals surface area contributed by atoms with Crippen LogP contribution >= 0.6 is 24.0 Å². The fourth-order valence-corrected chi connectivity index (χ4v) is 1.20. The van der Waals surface area contributed by atoms with Gasteiger partial charge in [0.25, 0.3) is 0 Å². The molecule has 0 aromatic carbocycles. The van der Waals surface area contributed by atoms with E-state index in [1.165, 1.54) is 12.2 Å². The molecule has 0 bridgehead atoms. The first-order valence-corrected chi connectivity index (χ1v) is 4.38. The third-order valence-corrected chi connectivity index (χ3v) is 2.45. The Labute approximate surface area is 61.0 Å². The Hall–Kier alpha value is 0.440. The lowest BCUT2D eigenvalue weighted by Gasteiger charge is -2.02. The minimum Gasteiger partial charge on any atom is -0.122 e. The van der Waals surface area contributed by atoms with Crippen LogP contribution in [0.1, 0.15) is 20.3 Å². The van der Waals surface area contributed by atoms with Crippen LogP contribution in [0.2, 0.25) is 0 Å². The molecule has 0 N–H and O–H groups in total. The fraction of sp³-hybridized carbons (Fsp3) is 0.833. The Kier molecular flexibility index (Phi) is 5.88. The van der Waals surface area contributed by atoms with Crippen molar-refractivity contribution >= 4 is 28.7 Å². The zero-order valence-corrected chi connectivity index (χ0v) is 7.02. The van der Waals surface area contributed by atoms with Crippen molar-refractivity contribution in [2.75, 3.05) is 5.75 Å². The number of hydrogen-bond donors (Lipinski definition) is 0. The topological polar surface area (TPSA) is 0 Å². The van der Waals surface area contributed by atoms with E-state index in [1.54, 1.807) is 16.5 Å². The van der Waals surface area contributed by atoms with Gasteiger partial charge in [-0.25, -0.2) is 0 Å². The van der Waals surface area contributed by atoms with E-state index in [4.69, 9.17) is 0 Å². The summed E-state index contributed by atoms with van der Waals surface area (Å²) in [7, 11) is 0. The number of hydrogen-bond acceptors (Lipinski definition) is 2. The molecule has 8 heavy (non-hydrogen) atoms. The summed E-state index contributed by atoms with van der Waals surface area (Å²) in [4.78, 5) is 0. The van der Waals surface area contributed by atoms with Gasteiger partial charge in [0.15, 0.2) is 0 Å². The summed E-state index contributed by atoms with van der Waals surface area (Å²) < 4.78 is 1.74. The van der Waals surface area contributed by atoms with Gasteiger partial charge in [0.1, 0.15) is 0 Å². The number of thioether (sulfide) groups is 1. The summed E-state index contributed by atoms with van der Waals surface area (Å²) in [6.45, 7) is 4.44. The van der Waals surface area contributed by atoms with Crippen LogP contribution < -0.4 is 0 Å². The lowest BCUT2D eigenvalue weighted by molar-refractivity contribution is 0.638. The Morgan fingerprint density at radius 1 is 1.75 bits per heavy atom. The molecule has 0 saturated heterocycles. The summed E-state index contributed by atoms with van der Waals surface area (Å²) in [5, 5.41) is 0. The lowest BCUT2D eigenvalue weighted by atomic mass is 10.2. The van der Waals surface area contributed by atoms with Crippen LogP contribution in [0, 0.1) is 5.92 Å². The van der Waals surface area contributed by atoms with Crippen LogP contribution in [0.5, 0.6) is 0 Å². The lowest BCUT2D eigenvalue weighted by Crippen LogP contribution is -1.93. The smallest absolute Gasteiger partial charge is 0.0341 e. The summed E-state index contributed by atoms with van der Waals surface area (Å²) >= 11 is 6.39. The molecule has 1 atom stereocenters. The van der Waals surface area contributed by atoms with Gasteiger partial charge in [-0.1, -0.05) is 32.5 Å². The van der Waals surface area contributed by atoms with Crippen molar-refractivity contribution in [3.63, 3.8) is 0 Å². The van der Waals surface area contributed by atoms with Gasteiger partial charge in [0, 0.05) is 10.5 Å². The van der Waals surface area contributed by atoms with Crippen LogP contribution in [-0.2, 0) is 0 Å². The molecule has 0 nitrogen and oxygen atoms in total. The van der Waals surface area contributed by atoms with E-state index in [0.29, 0.717) is 0 Å². The van der Waals surface area contributed by atoms with Gasteiger partial charge in [-0.15, -0.1) is 11.8 Å². The highest BCUT2D eigenvalue weighted by molar-refractivity contribution is 8.20. The van der Waals surface area contributed by atoms with E-state index in [-0.39, 0.29) is 0 Å². The van der Waals surface area contributed by atoms with E-state index in [9.17, 15) is 0 Å². The molecule has 0 rings (SSSR count). The molecule has 1 unspecified atom stereocenters. The molecular formula is C6H12S2. The summed E-state index contributed by atoms with van der Waals surface area (Å²) in [6, 6.07) is 0. The SMILES string of the molecule is CCC(C)CSC=S. The van der Waals surface area contributed by atoms with Crippen LogP contribution in [0.25, 0.3) is 0 Å². The fourth-order valence-electron chi connectivity index (χ4n) is 0.321. The second-order valence-corrected chi connectivity index (χ2v) is 3.38. The monoisotopic (exact) mass is 148 g/mol. The molecule has 0 aliphatic carbocycles. The molecular weight excluding hydrogens is 136 g/mol. The summed E-state index contributed by atoms with van der Waals surface area (Å²) in [6.07, 6.45) is 1.26. The molecule has 0 amide bonds. The summed E-state index contributed by atoms with van der Waals surface area (Å²) in [5.74, 6) is 2.00. The van der Waals surface area contributed by atoms with Crippen LogP contribution in [0.15, 0.2) is 0 Å². The molecule has 2 heteroatoms. The van der Waals surface area contributed by atoms with Gasteiger partial charge in [0.2, 0.25) is 0 Å². The predicted octanol–water partition coefficient (Wildman–Crippen LogP) is 2.72. The van der Waals surface area contributed by atoms with E-state index in [2.05, 4.69) is 26.1 Å². The molecule has 0 aliphatic heterocycles. The van der Waals surface area contributed by atoms with Crippen molar-refractivity contribution in [2.24, 2.45) is 5.92 Å². The molecule has 0 fully saturated rings. The molecule has 0 aromatic heterocycles. The van der Waals surface area contributed by atoms with Gasteiger partial charge < -0.3 is 0 Å². The Morgan fingerprint density at radius 3 is 2.75 bits per heavy atom. The van der Waals surface area contributed by atoms with E-state index in [0.717, 1.165) is 5.92 Å². The molecule has 0 aromatic rings. The number of rotatable bonds is 4. The van der Waals surface area contributed by atoms with Crippen LogP contribution in [0.4, 0.5) is 0 Å². The normalized spacial score (nSPS) is 13.2. The minimum atomic E-state index is 0.819. The first-order valence-electron chi connectivity index (χ1n) is 2.86. The van der Waals surface area contributed by atoms with Crippen molar-refractivity contribution in [3.8, 4) is 0 Å². The third kappa shape index (κ3) is 4.60. The highest BCUT2D eigenvalue weighted by atomic mass is 32.2. The van der Waals surface area contributed by atoms with E-state index in [1.807, 2.05) is 0 Å². The van der Waals surface area contributed by atoms with Gasteiger partial charge in [0.05, 0.1) is 0 Å². The maximum atomic E-state index is 4.66.